The molecule has 1 heterocycles. The van der Waals surface area contributed by atoms with Gasteiger partial charge in [-0.1, -0.05) is 12.1 Å². The summed E-state index contributed by atoms with van der Waals surface area (Å²) in [6, 6.07) is 9.59. The molecule has 0 radical (unpaired) electrons. The number of carbonyl (C=O) groups is 1. The van der Waals surface area contributed by atoms with Gasteiger partial charge in [-0.15, -0.1) is 0 Å². The van der Waals surface area contributed by atoms with E-state index in [1.165, 1.54) is 24.3 Å². The quantitative estimate of drug-likeness (QED) is 0.457. The Balaban J connectivity index is 2.17. The molecule has 6 nitrogen and oxygen atoms in total. The van der Waals surface area contributed by atoms with E-state index in [1.54, 1.807) is 19.1 Å². The summed E-state index contributed by atoms with van der Waals surface area (Å²) >= 11 is 0. The highest BCUT2D eigenvalue weighted by molar-refractivity contribution is 5.80. The van der Waals surface area contributed by atoms with Gasteiger partial charge in [-0.3, -0.25) is 4.79 Å². The fourth-order valence-corrected chi connectivity index (χ4v) is 2.43. The second-order valence-electron chi connectivity index (χ2n) is 5.72. The maximum atomic E-state index is 13.5. The summed E-state index contributed by atoms with van der Waals surface area (Å²) in [5.41, 5.74) is -0.698. The first kappa shape index (κ1) is 19.3. The zero-order valence-electron chi connectivity index (χ0n) is 14.6. The molecule has 3 rings (SSSR count). The van der Waals surface area contributed by atoms with Crippen LogP contribution in [-0.2, 0) is 10.9 Å². The van der Waals surface area contributed by atoms with Gasteiger partial charge in [-0.2, -0.15) is 13.2 Å². The van der Waals surface area contributed by atoms with Gasteiger partial charge in [0.15, 0.2) is 0 Å². The lowest BCUT2D eigenvalue weighted by Crippen LogP contribution is -2.15. The van der Waals surface area contributed by atoms with E-state index in [0.717, 1.165) is 18.7 Å². The normalized spacial score (nSPS) is 11.3. The SMILES string of the molecule is COC(=O)Oc1ccc2c(=O)c(Oc3cccc(C)c3)c(C(F)(F)F)oc2c1. The second kappa shape index (κ2) is 7.26. The molecule has 0 saturated carbocycles. The van der Waals surface area contributed by atoms with Crippen molar-refractivity contribution in [2.75, 3.05) is 7.11 Å². The molecule has 2 aromatic carbocycles. The van der Waals surface area contributed by atoms with Crippen molar-refractivity contribution in [3.8, 4) is 17.2 Å². The minimum Gasteiger partial charge on any atom is -0.449 e. The molecule has 0 fully saturated rings. The van der Waals surface area contributed by atoms with Crippen molar-refractivity contribution in [3.63, 3.8) is 0 Å². The largest absolute Gasteiger partial charge is 0.513 e. The number of alkyl halides is 3. The van der Waals surface area contributed by atoms with Gasteiger partial charge in [0.05, 0.1) is 12.5 Å². The van der Waals surface area contributed by atoms with Crippen LogP contribution in [0.15, 0.2) is 51.7 Å². The summed E-state index contributed by atoms with van der Waals surface area (Å²) in [4.78, 5) is 23.8. The smallest absolute Gasteiger partial charge is 0.449 e. The van der Waals surface area contributed by atoms with E-state index in [0.29, 0.717) is 0 Å². The van der Waals surface area contributed by atoms with Crippen LogP contribution in [0, 0.1) is 6.92 Å². The molecule has 9 heteroatoms. The predicted octanol–water partition coefficient (Wildman–Crippen LogP) is 5.06. The fourth-order valence-electron chi connectivity index (χ4n) is 2.43. The lowest BCUT2D eigenvalue weighted by molar-refractivity contribution is -0.154. The summed E-state index contributed by atoms with van der Waals surface area (Å²) in [5.74, 6) is -2.67. The molecular formula is C19H13F3O6. The third-order valence-electron chi connectivity index (χ3n) is 3.66. The number of methoxy groups -OCH3 is 1. The average molecular weight is 394 g/mol. The van der Waals surface area contributed by atoms with Gasteiger partial charge in [-0.05, 0) is 36.8 Å². The lowest BCUT2D eigenvalue weighted by Gasteiger charge is -2.13. The fraction of sp³-hybridized carbons (Fsp3) is 0.158. The van der Waals surface area contributed by atoms with E-state index in [4.69, 9.17) is 13.9 Å². The Kier molecular flexibility index (Phi) is 5.00. The van der Waals surface area contributed by atoms with Gasteiger partial charge in [0, 0.05) is 6.07 Å². The van der Waals surface area contributed by atoms with Crippen molar-refractivity contribution in [2.24, 2.45) is 0 Å². The van der Waals surface area contributed by atoms with Crippen molar-refractivity contribution < 1.29 is 36.6 Å². The van der Waals surface area contributed by atoms with Crippen molar-refractivity contribution in [2.45, 2.75) is 13.1 Å². The Morgan fingerprint density at radius 1 is 1.07 bits per heavy atom. The molecule has 0 spiro atoms. The first-order valence-corrected chi connectivity index (χ1v) is 7.87. The zero-order chi connectivity index (χ0) is 20.5. The van der Waals surface area contributed by atoms with Crippen LogP contribution in [0.1, 0.15) is 11.3 Å². The molecule has 146 valence electrons. The number of hydrogen-bond acceptors (Lipinski definition) is 6. The van der Waals surface area contributed by atoms with Gasteiger partial charge < -0.3 is 18.6 Å². The van der Waals surface area contributed by atoms with Gasteiger partial charge >= 0.3 is 12.3 Å². The van der Waals surface area contributed by atoms with Gasteiger partial charge in [-0.25, -0.2) is 4.79 Å². The third-order valence-corrected chi connectivity index (χ3v) is 3.66. The molecular weight excluding hydrogens is 381 g/mol. The number of carbonyl (C=O) groups excluding carboxylic acids is 1. The molecule has 3 aromatic rings. The van der Waals surface area contributed by atoms with Crippen LogP contribution in [-0.4, -0.2) is 13.3 Å². The molecule has 28 heavy (non-hydrogen) atoms. The topological polar surface area (TPSA) is 75.0 Å². The van der Waals surface area contributed by atoms with Crippen LogP contribution in [0.3, 0.4) is 0 Å². The van der Waals surface area contributed by atoms with E-state index in [-0.39, 0.29) is 16.9 Å². The monoisotopic (exact) mass is 394 g/mol. The minimum atomic E-state index is -4.99. The number of benzene rings is 2. The molecule has 0 N–H and O–H groups in total. The number of aryl methyl sites for hydroxylation is 1. The lowest BCUT2D eigenvalue weighted by atomic mass is 10.2. The minimum absolute atomic E-state index is 0.0581. The summed E-state index contributed by atoms with van der Waals surface area (Å²) in [5, 5.41) is -0.173. The molecule has 0 bridgehead atoms. The zero-order valence-corrected chi connectivity index (χ0v) is 14.6. The van der Waals surface area contributed by atoms with Crippen molar-refractivity contribution >= 4 is 17.1 Å². The van der Waals surface area contributed by atoms with E-state index in [2.05, 4.69) is 4.74 Å². The van der Waals surface area contributed by atoms with Crippen LogP contribution in [0.5, 0.6) is 17.2 Å². The average Bonchev–Trinajstić information content (AvgIpc) is 2.63. The maximum Gasteiger partial charge on any atom is 0.513 e. The van der Waals surface area contributed by atoms with Crippen LogP contribution < -0.4 is 14.9 Å². The van der Waals surface area contributed by atoms with Crippen LogP contribution in [0.25, 0.3) is 11.0 Å². The van der Waals surface area contributed by atoms with Gasteiger partial charge in [0.2, 0.25) is 11.2 Å². The molecule has 0 saturated heterocycles. The standard InChI is InChI=1S/C19H13F3O6/c1-10-4-3-5-11(8-10)26-16-15(23)13-7-6-12(27-18(24)25-2)9-14(13)28-17(16)19(20,21)22/h3-9H,1-2H3. The Labute approximate surface area is 156 Å². The Bertz CT molecular complexity index is 1100. The van der Waals surface area contributed by atoms with Crippen LogP contribution in [0.4, 0.5) is 18.0 Å². The number of ether oxygens (including phenoxy) is 3. The van der Waals surface area contributed by atoms with Crippen molar-refractivity contribution in [1.82, 2.24) is 0 Å². The summed E-state index contributed by atoms with van der Waals surface area (Å²) in [6.45, 7) is 1.73. The predicted molar refractivity (Wildman–Crippen MR) is 91.8 cm³/mol. The molecule has 0 aliphatic rings. The Morgan fingerprint density at radius 2 is 1.82 bits per heavy atom. The van der Waals surface area contributed by atoms with Crippen molar-refractivity contribution in [3.05, 3.63) is 64.0 Å². The molecule has 0 amide bonds. The highest BCUT2D eigenvalue weighted by atomic mass is 19.4. The third kappa shape index (κ3) is 3.93. The summed E-state index contributed by atoms with van der Waals surface area (Å²) in [6.07, 6.45) is -6.07. The van der Waals surface area contributed by atoms with E-state index in [9.17, 15) is 22.8 Å². The highest BCUT2D eigenvalue weighted by Crippen LogP contribution is 2.38. The Morgan fingerprint density at radius 3 is 2.46 bits per heavy atom. The summed E-state index contributed by atoms with van der Waals surface area (Å²) in [7, 11) is 1.07. The highest BCUT2D eigenvalue weighted by Gasteiger charge is 2.40. The van der Waals surface area contributed by atoms with E-state index >= 15 is 0 Å². The van der Waals surface area contributed by atoms with Crippen LogP contribution >= 0.6 is 0 Å². The number of halogens is 3. The second-order valence-corrected chi connectivity index (χ2v) is 5.72. The van der Waals surface area contributed by atoms with Gasteiger partial charge in [0.25, 0.3) is 5.76 Å². The Hall–Kier alpha value is -3.49. The van der Waals surface area contributed by atoms with E-state index in [1.807, 2.05) is 0 Å². The molecule has 0 atom stereocenters. The van der Waals surface area contributed by atoms with E-state index < -0.39 is 34.9 Å². The first-order chi connectivity index (χ1) is 13.2. The summed E-state index contributed by atoms with van der Waals surface area (Å²) < 4.78 is 59.7. The van der Waals surface area contributed by atoms with Crippen molar-refractivity contribution in [1.29, 1.82) is 0 Å². The molecule has 0 aliphatic carbocycles. The first-order valence-electron chi connectivity index (χ1n) is 7.87. The van der Waals surface area contributed by atoms with Gasteiger partial charge in [0.1, 0.15) is 17.1 Å². The number of rotatable bonds is 3. The number of fused-ring (bicyclic) bond motifs is 1. The molecule has 0 unspecified atom stereocenters. The maximum absolute atomic E-state index is 13.5. The number of hydrogen-bond donors (Lipinski definition) is 0. The molecule has 1 aromatic heterocycles. The molecule has 0 aliphatic heterocycles. The van der Waals surface area contributed by atoms with Crippen LogP contribution in [0.2, 0.25) is 0 Å².